The van der Waals surface area contributed by atoms with Crippen molar-refractivity contribution < 1.29 is 9.18 Å². The number of benzene rings is 2. The van der Waals surface area contributed by atoms with Crippen molar-refractivity contribution in [3.8, 4) is 0 Å². The largest absolute Gasteiger partial charge is 0.297 e. The molecule has 132 valence electrons. The molecule has 0 fully saturated rings. The first-order valence-corrected chi connectivity index (χ1v) is 9.85. The number of carbonyl (C=O) groups excluding carboxylic acids is 1. The smallest absolute Gasteiger partial charge is 0.250 e. The highest BCUT2D eigenvalue weighted by atomic mass is 32.2. The number of aromatic nitrogens is 2. The fourth-order valence-corrected chi connectivity index (χ4v) is 3.92. The second-order valence-corrected chi connectivity index (χ2v) is 7.37. The summed E-state index contributed by atoms with van der Waals surface area (Å²) < 4.78 is 13.6. The molecule has 3 rings (SSSR count). The summed E-state index contributed by atoms with van der Waals surface area (Å²) in [7, 11) is 0. The maximum atomic E-state index is 13.6. The van der Waals surface area contributed by atoms with E-state index in [1.54, 1.807) is 30.0 Å². The van der Waals surface area contributed by atoms with Crippen molar-refractivity contribution >= 4 is 40.2 Å². The summed E-state index contributed by atoms with van der Waals surface area (Å²) in [5, 5.41) is 12.0. The van der Waals surface area contributed by atoms with Crippen LogP contribution < -0.4 is 5.32 Å². The molecule has 4 nitrogen and oxygen atoms in total. The third-order valence-corrected chi connectivity index (χ3v) is 5.38. The van der Waals surface area contributed by atoms with Gasteiger partial charge >= 0.3 is 0 Å². The number of nitrogens with zero attached hydrogens (tertiary/aromatic N) is 2. The number of hydrogen-bond acceptors (Lipinski definition) is 5. The highest BCUT2D eigenvalue weighted by Crippen LogP contribution is 2.23. The molecule has 0 aliphatic carbocycles. The normalized spacial score (nSPS) is 11.0. The Morgan fingerprint density at radius 2 is 1.85 bits per heavy atom. The minimum Gasteiger partial charge on any atom is -0.297 e. The summed E-state index contributed by atoms with van der Waals surface area (Å²) in [6.45, 7) is 0. The quantitative estimate of drug-likeness (QED) is 0.596. The topological polar surface area (TPSA) is 54.9 Å². The number of hydrogen-bond donors (Lipinski definition) is 1. The van der Waals surface area contributed by atoms with Crippen molar-refractivity contribution in [1.29, 1.82) is 0 Å². The number of amides is 1. The van der Waals surface area contributed by atoms with E-state index in [9.17, 15) is 9.18 Å². The van der Waals surface area contributed by atoms with E-state index in [-0.39, 0.29) is 11.7 Å². The van der Waals surface area contributed by atoms with E-state index in [1.807, 2.05) is 36.4 Å². The summed E-state index contributed by atoms with van der Waals surface area (Å²) in [4.78, 5) is 11.9. The van der Waals surface area contributed by atoms with Gasteiger partial charge in [-0.1, -0.05) is 59.9 Å². The van der Waals surface area contributed by atoms with Gasteiger partial charge in [-0.25, -0.2) is 4.39 Å². The van der Waals surface area contributed by atoms with Crippen LogP contribution >= 0.6 is 23.1 Å². The minimum atomic E-state index is -0.254. The lowest BCUT2D eigenvalue weighted by molar-refractivity contribution is -0.111. The third-order valence-electron chi connectivity index (χ3n) is 3.36. The predicted molar refractivity (Wildman–Crippen MR) is 105 cm³/mol. The molecule has 7 heteroatoms. The lowest BCUT2D eigenvalue weighted by Gasteiger charge is -2.01. The van der Waals surface area contributed by atoms with Crippen molar-refractivity contribution in [2.24, 2.45) is 0 Å². The molecule has 1 N–H and O–H groups in total. The van der Waals surface area contributed by atoms with Gasteiger partial charge in [0.05, 0.1) is 0 Å². The van der Waals surface area contributed by atoms with E-state index >= 15 is 0 Å². The van der Waals surface area contributed by atoms with Crippen LogP contribution in [0.25, 0.3) is 6.08 Å². The molecule has 0 aliphatic heterocycles. The van der Waals surface area contributed by atoms with Gasteiger partial charge in [0.15, 0.2) is 0 Å². The van der Waals surface area contributed by atoms with E-state index in [0.29, 0.717) is 22.2 Å². The predicted octanol–water partition coefficient (Wildman–Crippen LogP) is 4.76. The molecule has 0 atom stereocenters. The van der Waals surface area contributed by atoms with Gasteiger partial charge in [0.25, 0.3) is 0 Å². The maximum Gasteiger partial charge on any atom is 0.250 e. The molecule has 2 aromatic carbocycles. The number of thioether (sulfide) groups is 1. The number of rotatable bonds is 7. The van der Waals surface area contributed by atoms with Crippen LogP contribution in [0.15, 0.2) is 60.7 Å². The molecule has 3 aromatic rings. The fourth-order valence-electron chi connectivity index (χ4n) is 2.11. The third kappa shape index (κ3) is 5.50. The Balaban J connectivity index is 1.47. The van der Waals surface area contributed by atoms with Crippen LogP contribution in [-0.4, -0.2) is 16.1 Å². The molecule has 0 unspecified atom stereocenters. The van der Waals surface area contributed by atoms with Crippen molar-refractivity contribution in [1.82, 2.24) is 10.2 Å². The van der Waals surface area contributed by atoms with Crippen molar-refractivity contribution in [2.45, 2.75) is 11.5 Å². The molecule has 1 heterocycles. The van der Waals surface area contributed by atoms with Crippen LogP contribution in [0, 0.1) is 5.82 Å². The highest BCUT2D eigenvalue weighted by molar-refractivity contribution is 7.97. The molecular formula is C19H16FN3OS2. The van der Waals surface area contributed by atoms with Crippen molar-refractivity contribution in [3.63, 3.8) is 0 Å². The van der Waals surface area contributed by atoms with Gasteiger partial charge in [-0.05, 0) is 23.3 Å². The van der Waals surface area contributed by atoms with Crippen molar-refractivity contribution in [2.75, 3.05) is 5.32 Å². The number of carbonyl (C=O) groups is 1. The molecule has 0 saturated carbocycles. The lowest BCUT2D eigenvalue weighted by Crippen LogP contribution is -2.07. The lowest BCUT2D eigenvalue weighted by atomic mass is 10.2. The van der Waals surface area contributed by atoms with Gasteiger partial charge in [-0.15, -0.1) is 22.0 Å². The van der Waals surface area contributed by atoms with Gasteiger partial charge in [0.1, 0.15) is 10.8 Å². The van der Waals surface area contributed by atoms with Crippen molar-refractivity contribution in [3.05, 3.63) is 82.6 Å². The molecule has 0 aliphatic rings. The average Bonchev–Trinajstić information content (AvgIpc) is 3.10. The van der Waals surface area contributed by atoms with Gasteiger partial charge in [-0.3, -0.25) is 10.1 Å². The van der Waals surface area contributed by atoms with E-state index in [2.05, 4.69) is 15.5 Å². The Morgan fingerprint density at radius 3 is 2.65 bits per heavy atom. The zero-order valence-electron chi connectivity index (χ0n) is 13.8. The number of halogens is 1. The zero-order valence-corrected chi connectivity index (χ0v) is 15.4. The molecule has 0 spiro atoms. The van der Waals surface area contributed by atoms with Gasteiger partial charge < -0.3 is 0 Å². The van der Waals surface area contributed by atoms with Gasteiger partial charge in [0, 0.05) is 17.6 Å². The first-order chi connectivity index (χ1) is 12.7. The summed E-state index contributed by atoms with van der Waals surface area (Å²) in [6.07, 6.45) is 3.20. The van der Waals surface area contributed by atoms with Crippen LogP contribution in [0.1, 0.15) is 16.1 Å². The standard InChI is InChI=1S/C19H16FN3OS2/c20-16-9-5-4-8-15(16)12-25-13-18-22-23-19(26-18)21-17(24)11-10-14-6-2-1-3-7-14/h1-11H,12-13H2,(H,21,23,24)/b11-10+. The fraction of sp³-hybridized carbons (Fsp3) is 0.105. The molecule has 0 radical (unpaired) electrons. The molecule has 1 amide bonds. The SMILES string of the molecule is O=C(/C=C/c1ccccc1)Nc1nnc(CSCc2ccccc2F)s1. The van der Waals surface area contributed by atoms with Crippen LogP contribution in [-0.2, 0) is 16.3 Å². The Morgan fingerprint density at radius 1 is 1.08 bits per heavy atom. The van der Waals surface area contributed by atoms with Gasteiger partial charge in [-0.2, -0.15) is 0 Å². The summed E-state index contributed by atoms with van der Waals surface area (Å²) in [5.74, 6) is 0.723. The summed E-state index contributed by atoms with van der Waals surface area (Å²) >= 11 is 2.87. The molecule has 26 heavy (non-hydrogen) atoms. The molecule has 0 saturated heterocycles. The minimum absolute atomic E-state index is 0.199. The van der Waals surface area contributed by atoms with Crippen LogP contribution in [0.4, 0.5) is 9.52 Å². The molecule has 1 aromatic heterocycles. The number of nitrogens with one attached hydrogen (secondary N) is 1. The molecular weight excluding hydrogens is 369 g/mol. The number of anilines is 1. The average molecular weight is 385 g/mol. The summed E-state index contributed by atoms with van der Waals surface area (Å²) in [6, 6.07) is 16.3. The van der Waals surface area contributed by atoms with Crippen LogP contribution in [0.5, 0.6) is 0 Å². The Labute approximate surface area is 159 Å². The van der Waals surface area contributed by atoms with Crippen LogP contribution in [0.3, 0.4) is 0 Å². The first kappa shape index (κ1) is 18.3. The summed E-state index contributed by atoms with van der Waals surface area (Å²) in [5.41, 5.74) is 1.62. The van der Waals surface area contributed by atoms with E-state index < -0.39 is 0 Å². The Bertz CT molecular complexity index is 897. The van der Waals surface area contributed by atoms with E-state index in [1.165, 1.54) is 23.5 Å². The second kappa shape index (κ2) is 9.26. The van der Waals surface area contributed by atoms with E-state index in [0.717, 1.165) is 10.6 Å². The monoisotopic (exact) mass is 385 g/mol. The second-order valence-electron chi connectivity index (χ2n) is 5.32. The van der Waals surface area contributed by atoms with Crippen LogP contribution in [0.2, 0.25) is 0 Å². The van der Waals surface area contributed by atoms with E-state index in [4.69, 9.17) is 0 Å². The first-order valence-electron chi connectivity index (χ1n) is 7.88. The molecule has 0 bridgehead atoms. The maximum absolute atomic E-state index is 13.6. The Kier molecular flexibility index (Phi) is 6.51. The zero-order chi connectivity index (χ0) is 18.2. The van der Waals surface area contributed by atoms with Gasteiger partial charge in [0.2, 0.25) is 11.0 Å². The Hall–Kier alpha value is -2.51. The highest BCUT2D eigenvalue weighted by Gasteiger charge is 2.07.